The molecule has 0 aromatic heterocycles. The third kappa shape index (κ3) is 3.44. The summed E-state index contributed by atoms with van der Waals surface area (Å²) in [5.41, 5.74) is 1.83. The van der Waals surface area contributed by atoms with Gasteiger partial charge < -0.3 is 10.1 Å². The summed E-state index contributed by atoms with van der Waals surface area (Å²) in [4.78, 5) is 0. The minimum atomic E-state index is -0.366. The molecule has 2 aromatic rings. The molecule has 0 aliphatic heterocycles. The molecule has 0 bridgehead atoms. The third-order valence-corrected chi connectivity index (χ3v) is 4.21. The number of methoxy groups -OCH3 is 1. The molecule has 0 saturated heterocycles. The van der Waals surface area contributed by atoms with Crippen molar-refractivity contribution in [3.63, 3.8) is 0 Å². The molecule has 0 radical (unpaired) electrons. The molecule has 1 unspecified atom stereocenters. The average molecular weight is 359 g/mol. The molecule has 106 valence electrons. The highest BCUT2D eigenvalue weighted by molar-refractivity contribution is 9.10. The summed E-state index contributed by atoms with van der Waals surface area (Å²) in [6.07, 6.45) is 0. The van der Waals surface area contributed by atoms with E-state index in [2.05, 4.69) is 21.2 Å². The number of rotatable bonds is 4. The van der Waals surface area contributed by atoms with Gasteiger partial charge >= 0.3 is 0 Å². The SMILES string of the molecule is COc1cc(C(C)Nc2ccc(Br)c(Cl)c2)ccc1F. The molecule has 20 heavy (non-hydrogen) atoms. The highest BCUT2D eigenvalue weighted by atomic mass is 79.9. The van der Waals surface area contributed by atoms with Crippen molar-refractivity contribution in [1.29, 1.82) is 0 Å². The van der Waals surface area contributed by atoms with Gasteiger partial charge in [0.1, 0.15) is 0 Å². The van der Waals surface area contributed by atoms with Gasteiger partial charge in [0.25, 0.3) is 0 Å². The minimum absolute atomic E-state index is 0.00161. The highest BCUT2D eigenvalue weighted by Crippen LogP contribution is 2.29. The first kappa shape index (κ1) is 15.1. The van der Waals surface area contributed by atoms with Gasteiger partial charge in [-0.15, -0.1) is 0 Å². The van der Waals surface area contributed by atoms with Crippen molar-refractivity contribution in [2.45, 2.75) is 13.0 Å². The highest BCUT2D eigenvalue weighted by Gasteiger charge is 2.10. The van der Waals surface area contributed by atoms with Gasteiger partial charge in [-0.1, -0.05) is 17.7 Å². The van der Waals surface area contributed by atoms with Crippen LogP contribution < -0.4 is 10.1 Å². The predicted molar refractivity (Wildman–Crippen MR) is 84.1 cm³/mol. The maximum atomic E-state index is 13.4. The van der Waals surface area contributed by atoms with Crippen LogP contribution in [0.4, 0.5) is 10.1 Å². The molecule has 2 aromatic carbocycles. The molecular weight excluding hydrogens is 345 g/mol. The topological polar surface area (TPSA) is 21.3 Å². The summed E-state index contributed by atoms with van der Waals surface area (Å²) in [6, 6.07) is 10.5. The fourth-order valence-electron chi connectivity index (χ4n) is 1.86. The number of benzene rings is 2. The summed E-state index contributed by atoms with van der Waals surface area (Å²) in [5.74, 6) is -0.125. The quantitative estimate of drug-likeness (QED) is 0.787. The Bertz CT molecular complexity index is 621. The number of nitrogens with one attached hydrogen (secondary N) is 1. The number of halogens is 3. The lowest BCUT2D eigenvalue weighted by Crippen LogP contribution is -2.07. The lowest BCUT2D eigenvalue weighted by molar-refractivity contribution is 0.385. The molecule has 2 rings (SSSR count). The van der Waals surface area contributed by atoms with E-state index < -0.39 is 0 Å². The maximum Gasteiger partial charge on any atom is 0.165 e. The Kier molecular flexibility index (Phi) is 4.89. The van der Waals surface area contributed by atoms with Crippen LogP contribution in [0.3, 0.4) is 0 Å². The van der Waals surface area contributed by atoms with Gasteiger partial charge in [-0.2, -0.15) is 0 Å². The fourth-order valence-corrected chi connectivity index (χ4v) is 2.29. The molecule has 0 spiro atoms. The van der Waals surface area contributed by atoms with Crippen LogP contribution in [0.5, 0.6) is 5.75 Å². The van der Waals surface area contributed by atoms with Crippen LogP contribution in [0.15, 0.2) is 40.9 Å². The summed E-state index contributed by atoms with van der Waals surface area (Å²) in [6.45, 7) is 1.99. The van der Waals surface area contributed by atoms with Gasteiger partial charge in [-0.25, -0.2) is 4.39 Å². The minimum Gasteiger partial charge on any atom is -0.494 e. The van der Waals surface area contributed by atoms with Crippen LogP contribution in [-0.2, 0) is 0 Å². The van der Waals surface area contributed by atoms with Gasteiger partial charge in [-0.3, -0.25) is 0 Å². The van der Waals surface area contributed by atoms with Crippen molar-refractivity contribution in [2.75, 3.05) is 12.4 Å². The van der Waals surface area contributed by atoms with E-state index in [0.29, 0.717) is 5.02 Å². The second-order valence-electron chi connectivity index (χ2n) is 4.39. The van der Waals surface area contributed by atoms with Crippen LogP contribution in [0, 0.1) is 5.82 Å². The molecule has 0 fully saturated rings. The average Bonchev–Trinajstić information content (AvgIpc) is 2.43. The van der Waals surface area contributed by atoms with Crippen molar-refractivity contribution in [2.24, 2.45) is 0 Å². The Morgan fingerprint density at radius 1 is 1.25 bits per heavy atom. The molecule has 5 heteroatoms. The zero-order valence-corrected chi connectivity index (χ0v) is 13.4. The monoisotopic (exact) mass is 357 g/mol. The summed E-state index contributed by atoms with van der Waals surface area (Å²) in [7, 11) is 1.45. The first-order valence-electron chi connectivity index (χ1n) is 6.06. The molecule has 0 aliphatic rings. The molecule has 0 heterocycles. The summed E-state index contributed by atoms with van der Waals surface area (Å²) >= 11 is 9.40. The van der Waals surface area contributed by atoms with E-state index in [1.165, 1.54) is 13.2 Å². The second-order valence-corrected chi connectivity index (χ2v) is 5.65. The Morgan fingerprint density at radius 2 is 2.00 bits per heavy atom. The first-order valence-corrected chi connectivity index (χ1v) is 7.23. The van der Waals surface area contributed by atoms with E-state index in [1.807, 2.05) is 25.1 Å². The van der Waals surface area contributed by atoms with Crippen LogP contribution in [0.2, 0.25) is 5.02 Å². The number of hydrogen-bond donors (Lipinski definition) is 1. The van der Waals surface area contributed by atoms with Crippen molar-refractivity contribution in [3.05, 3.63) is 57.3 Å². The third-order valence-electron chi connectivity index (χ3n) is 2.98. The lowest BCUT2D eigenvalue weighted by Gasteiger charge is -2.17. The smallest absolute Gasteiger partial charge is 0.165 e. The Hall–Kier alpha value is -1.26. The van der Waals surface area contributed by atoms with Crippen molar-refractivity contribution >= 4 is 33.2 Å². The predicted octanol–water partition coefficient (Wildman–Crippen LogP) is 5.42. The Morgan fingerprint density at radius 3 is 2.65 bits per heavy atom. The number of ether oxygens (including phenoxy) is 1. The molecule has 2 nitrogen and oxygen atoms in total. The van der Waals surface area contributed by atoms with Crippen molar-refractivity contribution in [1.82, 2.24) is 0 Å². The van der Waals surface area contributed by atoms with E-state index in [4.69, 9.17) is 16.3 Å². The number of anilines is 1. The van der Waals surface area contributed by atoms with E-state index in [-0.39, 0.29) is 17.6 Å². The second kappa shape index (κ2) is 6.46. The van der Waals surface area contributed by atoms with E-state index >= 15 is 0 Å². The molecule has 0 saturated carbocycles. The fraction of sp³-hybridized carbons (Fsp3) is 0.200. The zero-order valence-electron chi connectivity index (χ0n) is 11.1. The van der Waals surface area contributed by atoms with Crippen LogP contribution in [0.1, 0.15) is 18.5 Å². The molecule has 0 amide bonds. The molecule has 1 atom stereocenters. The lowest BCUT2D eigenvalue weighted by atomic mass is 10.1. The zero-order chi connectivity index (χ0) is 14.7. The van der Waals surface area contributed by atoms with Crippen LogP contribution in [0.25, 0.3) is 0 Å². The normalized spacial score (nSPS) is 12.1. The standard InChI is InChI=1S/C15H14BrClFNO/c1-9(10-3-6-14(18)15(7-10)20-2)19-11-4-5-12(16)13(17)8-11/h3-9,19H,1-2H3. The Labute approximate surface area is 131 Å². The molecule has 0 aliphatic carbocycles. The molecule has 1 N–H and O–H groups in total. The first-order chi connectivity index (χ1) is 9.51. The van der Waals surface area contributed by atoms with Crippen LogP contribution in [-0.4, -0.2) is 7.11 Å². The van der Waals surface area contributed by atoms with Gasteiger partial charge in [0.2, 0.25) is 0 Å². The largest absolute Gasteiger partial charge is 0.494 e. The van der Waals surface area contributed by atoms with Gasteiger partial charge in [0.15, 0.2) is 11.6 Å². The van der Waals surface area contributed by atoms with Gasteiger partial charge in [0, 0.05) is 16.2 Å². The van der Waals surface area contributed by atoms with Crippen molar-refractivity contribution in [3.8, 4) is 5.75 Å². The van der Waals surface area contributed by atoms with E-state index in [0.717, 1.165) is 15.7 Å². The van der Waals surface area contributed by atoms with E-state index in [1.54, 1.807) is 12.1 Å². The van der Waals surface area contributed by atoms with Gasteiger partial charge in [-0.05, 0) is 58.7 Å². The van der Waals surface area contributed by atoms with Crippen LogP contribution >= 0.6 is 27.5 Å². The number of hydrogen-bond acceptors (Lipinski definition) is 2. The molecular formula is C15H14BrClFNO. The summed E-state index contributed by atoms with van der Waals surface area (Å²) < 4.78 is 19.2. The summed E-state index contributed by atoms with van der Waals surface area (Å²) in [5, 5.41) is 3.95. The Balaban J connectivity index is 2.19. The van der Waals surface area contributed by atoms with Crippen molar-refractivity contribution < 1.29 is 9.13 Å². The van der Waals surface area contributed by atoms with E-state index in [9.17, 15) is 4.39 Å². The maximum absolute atomic E-state index is 13.4. The van der Waals surface area contributed by atoms with Gasteiger partial charge in [0.05, 0.1) is 12.1 Å².